The fourth-order valence-electron chi connectivity index (χ4n) is 4.36. The number of esters is 1. The van der Waals surface area contributed by atoms with Crippen LogP contribution >= 0.6 is 0 Å². The Balaban J connectivity index is 1.52. The first-order valence-electron chi connectivity index (χ1n) is 9.76. The maximum Gasteiger partial charge on any atom is 0.310 e. The minimum Gasteiger partial charge on any atom is -0.466 e. The van der Waals surface area contributed by atoms with Crippen molar-refractivity contribution < 1.29 is 19.1 Å². The van der Waals surface area contributed by atoms with Crippen LogP contribution < -0.4 is 10.2 Å². The van der Waals surface area contributed by atoms with Crippen molar-refractivity contribution in [2.75, 3.05) is 36.5 Å². The molecule has 7 nitrogen and oxygen atoms in total. The molecule has 3 heterocycles. The molecule has 2 atom stereocenters. The van der Waals surface area contributed by atoms with Crippen LogP contribution in [0.3, 0.4) is 0 Å². The topological polar surface area (TPSA) is 79.0 Å². The van der Waals surface area contributed by atoms with E-state index in [2.05, 4.69) is 10.2 Å². The normalized spacial score (nSPS) is 24.1. The number of nitrogens with one attached hydrogen (secondary N) is 1. The average Bonchev–Trinajstić information content (AvgIpc) is 3.18. The molecule has 4 rings (SSSR count). The summed E-state index contributed by atoms with van der Waals surface area (Å²) in [7, 11) is 0. The number of piperidine rings is 1. The third-order valence-electron chi connectivity index (χ3n) is 5.69. The van der Waals surface area contributed by atoms with Gasteiger partial charge in [-0.3, -0.25) is 14.4 Å². The Labute approximate surface area is 158 Å². The minimum absolute atomic E-state index is 0.00458. The highest BCUT2D eigenvalue weighted by Gasteiger charge is 2.37. The lowest BCUT2D eigenvalue weighted by Gasteiger charge is -2.34. The SMILES string of the molecule is CCOC(=O)C1CCCN(C(=O)c2ccc3c(c2)NC(=O)C2CCCN32)C1. The fourth-order valence-corrected chi connectivity index (χ4v) is 4.36. The summed E-state index contributed by atoms with van der Waals surface area (Å²) in [6.07, 6.45) is 3.40. The number of hydrogen-bond donors (Lipinski definition) is 1. The minimum atomic E-state index is -0.259. The van der Waals surface area contributed by atoms with Crippen LogP contribution in [0.2, 0.25) is 0 Å². The van der Waals surface area contributed by atoms with Crippen molar-refractivity contribution in [2.24, 2.45) is 5.92 Å². The van der Waals surface area contributed by atoms with Crippen molar-refractivity contribution in [2.45, 2.75) is 38.6 Å². The molecule has 144 valence electrons. The van der Waals surface area contributed by atoms with E-state index in [-0.39, 0.29) is 29.7 Å². The number of fused-ring (bicyclic) bond motifs is 3. The Hall–Kier alpha value is -2.57. The first-order chi connectivity index (χ1) is 13.1. The van der Waals surface area contributed by atoms with E-state index in [1.54, 1.807) is 17.9 Å². The van der Waals surface area contributed by atoms with Gasteiger partial charge in [0.05, 0.1) is 23.9 Å². The van der Waals surface area contributed by atoms with E-state index >= 15 is 0 Å². The van der Waals surface area contributed by atoms with Gasteiger partial charge in [0.2, 0.25) is 5.91 Å². The molecule has 1 N–H and O–H groups in total. The van der Waals surface area contributed by atoms with E-state index in [1.807, 2.05) is 12.1 Å². The largest absolute Gasteiger partial charge is 0.466 e. The number of carbonyl (C=O) groups is 3. The van der Waals surface area contributed by atoms with Gasteiger partial charge in [-0.15, -0.1) is 0 Å². The predicted molar refractivity (Wildman–Crippen MR) is 101 cm³/mol. The molecule has 27 heavy (non-hydrogen) atoms. The summed E-state index contributed by atoms with van der Waals surface area (Å²) in [5, 5.41) is 2.95. The van der Waals surface area contributed by atoms with Gasteiger partial charge in [-0.25, -0.2) is 0 Å². The van der Waals surface area contributed by atoms with Crippen molar-refractivity contribution in [1.82, 2.24) is 4.90 Å². The van der Waals surface area contributed by atoms with Crippen molar-refractivity contribution in [3.05, 3.63) is 23.8 Å². The molecule has 2 saturated heterocycles. The van der Waals surface area contributed by atoms with E-state index in [4.69, 9.17) is 4.74 Å². The number of amides is 2. The average molecular weight is 371 g/mol. The summed E-state index contributed by atoms with van der Waals surface area (Å²) in [5.41, 5.74) is 2.22. The summed E-state index contributed by atoms with van der Waals surface area (Å²) in [4.78, 5) is 41.1. The van der Waals surface area contributed by atoms with Crippen LogP contribution in [0, 0.1) is 5.92 Å². The predicted octanol–water partition coefficient (Wildman–Crippen LogP) is 2.02. The number of nitrogens with zero attached hydrogens (tertiary/aromatic N) is 2. The van der Waals surface area contributed by atoms with Gasteiger partial charge in [-0.2, -0.15) is 0 Å². The number of hydrogen-bond acceptors (Lipinski definition) is 5. The molecule has 1 aromatic rings. The third-order valence-corrected chi connectivity index (χ3v) is 5.69. The first-order valence-corrected chi connectivity index (χ1v) is 9.76. The highest BCUT2D eigenvalue weighted by molar-refractivity contribution is 6.06. The summed E-state index contributed by atoms with van der Waals surface area (Å²) in [6, 6.07) is 5.42. The van der Waals surface area contributed by atoms with Gasteiger partial charge in [0.1, 0.15) is 6.04 Å². The zero-order chi connectivity index (χ0) is 19.0. The summed E-state index contributed by atoms with van der Waals surface area (Å²) < 4.78 is 5.11. The van der Waals surface area contributed by atoms with Crippen LogP contribution in [-0.4, -0.2) is 55.0 Å². The molecule has 0 aromatic heterocycles. The molecule has 0 aliphatic carbocycles. The molecule has 0 spiro atoms. The van der Waals surface area contributed by atoms with E-state index < -0.39 is 0 Å². The number of benzene rings is 1. The molecule has 2 amide bonds. The summed E-state index contributed by atoms with van der Waals surface area (Å²) >= 11 is 0. The van der Waals surface area contributed by atoms with Gasteiger partial charge in [0, 0.05) is 25.2 Å². The Kier molecular flexibility index (Phi) is 4.76. The van der Waals surface area contributed by atoms with Gasteiger partial charge in [0.25, 0.3) is 5.91 Å². The lowest BCUT2D eigenvalue weighted by Crippen LogP contribution is -2.44. The Morgan fingerprint density at radius 3 is 2.85 bits per heavy atom. The van der Waals surface area contributed by atoms with E-state index in [9.17, 15) is 14.4 Å². The van der Waals surface area contributed by atoms with Gasteiger partial charge >= 0.3 is 5.97 Å². The maximum atomic E-state index is 13.0. The molecule has 0 radical (unpaired) electrons. The van der Waals surface area contributed by atoms with Crippen molar-refractivity contribution in [3.8, 4) is 0 Å². The molecule has 1 aromatic carbocycles. The zero-order valence-electron chi connectivity index (χ0n) is 15.6. The van der Waals surface area contributed by atoms with Crippen LogP contribution in [0.4, 0.5) is 11.4 Å². The molecule has 0 bridgehead atoms. The second kappa shape index (κ2) is 7.21. The maximum absolute atomic E-state index is 13.0. The third kappa shape index (κ3) is 3.26. The van der Waals surface area contributed by atoms with Crippen molar-refractivity contribution >= 4 is 29.2 Å². The van der Waals surface area contributed by atoms with Crippen LogP contribution in [0.1, 0.15) is 43.0 Å². The van der Waals surface area contributed by atoms with Crippen LogP contribution in [-0.2, 0) is 14.3 Å². The van der Waals surface area contributed by atoms with Gasteiger partial charge in [-0.05, 0) is 50.8 Å². The lowest BCUT2D eigenvalue weighted by molar-refractivity contribution is -0.149. The van der Waals surface area contributed by atoms with Crippen molar-refractivity contribution in [3.63, 3.8) is 0 Å². The van der Waals surface area contributed by atoms with Gasteiger partial charge in [-0.1, -0.05) is 0 Å². The Morgan fingerprint density at radius 2 is 2.04 bits per heavy atom. The quantitative estimate of drug-likeness (QED) is 0.823. The second-order valence-electron chi connectivity index (χ2n) is 7.41. The highest BCUT2D eigenvalue weighted by Crippen LogP contribution is 2.37. The molecule has 0 saturated carbocycles. The van der Waals surface area contributed by atoms with E-state index in [1.165, 1.54) is 0 Å². The van der Waals surface area contributed by atoms with Gasteiger partial charge < -0.3 is 19.9 Å². The number of anilines is 2. The first kappa shape index (κ1) is 17.8. The summed E-state index contributed by atoms with van der Waals surface area (Å²) in [6.45, 7) is 4.02. The van der Waals surface area contributed by atoms with Crippen LogP contribution in [0.15, 0.2) is 18.2 Å². The van der Waals surface area contributed by atoms with Crippen molar-refractivity contribution in [1.29, 1.82) is 0 Å². The standard InChI is InChI=1S/C20H25N3O4/c1-2-27-20(26)14-5-3-9-22(12-14)19(25)13-7-8-16-15(11-13)21-18(24)17-6-4-10-23(16)17/h7-8,11,14,17H,2-6,9-10,12H2,1H3,(H,21,24). The number of ether oxygens (including phenoxy) is 1. The second-order valence-corrected chi connectivity index (χ2v) is 7.41. The van der Waals surface area contributed by atoms with E-state index in [0.29, 0.717) is 30.9 Å². The summed E-state index contributed by atoms with van der Waals surface area (Å²) in [5.74, 6) is -0.590. The Bertz CT molecular complexity index is 778. The molecular formula is C20H25N3O4. The Morgan fingerprint density at radius 1 is 1.22 bits per heavy atom. The molecule has 2 fully saturated rings. The fraction of sp³-hybridized carbons (Fsp3) is 0.550. The smallest absolute Gasteiger partial charge is 0.310 e. The van der Waals surface area contributed by atoms with E-state index in [0.717, 1.165) is 37.9 Å². The zero-order valence-corrected chi connectivity index (χ0v) is 15.6. The number of likely N-dealkylation sites (tertiary alicyclic amines) is 1. The number of carbonyl (C=O) groups excluding carboxylic acids is 3. The van der Waals surface area contributed by atoms with Crippen LogP contribution in [0.25, 0.3) is 0 Å². The molecule has 3 aliphatic rings. The molecular weight excluding hydrogens is 346 g/mol. The molecule has 2 unspecified atom stereocenters. The number of rotatable bonds is 3. The monoisotopic (exact) mass is 371 g/mol. The molecule has 3 aliphatic heterocycles. The van der Waals surface area contributed by atoms with Crippen LogP contribution in [0.5, 0.6) is 0 Å². The lowest BCUT2D eigenvalue weighted by atomic mass is 9.97. The molecule has 7 heteroatoms. The van der Waals surface area contributed by atoms with Gasteiger partial charge in [0.15, 0.2) is 0 Å². The highest BCUT2D eigenvalue weighted by atomic mass is 16.5.